The highest BCUT2D eigenvalue weighted by Gasteiger charge is 2.16. The summed E-state index contributed by atoms with van der Waals surface area (Å²) in [6.45, 7) is 1.65. The molecular weight excluding hydrogens is 280 g/mol. The van der Waals surface area contributed by atoms with Crippen molar-refractivity contribution in [3.63, 3.8) is 0 Å². The molecule has 3 aromatic rings. The Kier molecular flexibility index (Phi) is 2.95. The van der Waals surface area contributed by atoms with Crippen molar-refractivity contribution in [2.24, 2.45) is 0 Å². The second-order valence-corrected chi connectivity index (χ2v) is 7.76. The van der Waals surface area contributed by atoms with Gasteiger partial charge in [-0.2, -0.15) is 0 Å². The van der Waals surface area contributed by atoms with E-state index in [1.165, 1.54) is 11.3 Å². The second-order valence-electron chi connectivity index (χ2n) is 4.17. The summed E-state index contributed by atoms with van der Waals surface area (Å²) in [7, 11) is -3.14. The van der Waals surface area contributed by atoms with E-state index in [9.17, 15) is 8.42 Å². The van der Waals surface area contributed by atoms with Crippen LogP contribution in [0.25, 0.3) is 21.6 Å². The number of furan rings is 1. The molecule has 0 spiro atoms. The van der Waals surface area contributed by atoms with Gasteiger partial charge in [-0.15, -0.1) is 11.3 Å². The number of sulfone groups is 1. The zero-order valence-corrected chi connectivity index (χ0v) is 11.9. The van der Waals surface area contributed by atoms with Crippen molar-refractivity contribution in [2.75, 3.05) is 5.75 Å². The first-order chi connectivity index (χ1) is 9.10. The quantitative estimate of drug-likeness (QED) is 0.734. The first kappa shape index (κ1) is 12.4. The average molecular weight is 292 g/mol. The van der Waals surface area contributed by atoms with Crippen LogP contribution in [0.3, 0.4) is 0 Å². The Balaban J connectivity index is 2.08. The molecule has 0 fully saturated rings. The highest BCUT2D eigenvalue weighted by molar-refractivity contribution is 7.93. The summed E-state index contributed by atoms with van der Waals surface area (Å²) < 4.78 is 29.7. The van der Waals surface area contributed by atoms with Gasteiger partial charge in [0.25, 0.3) is 0 Å². The lowest BCUT2D eigenvalue weighted by Crippen LogP contribution is -2.00. The van der Waals surface area contributed by atoms with Gasteiger partial charge in [-0.3, -0.25) is 0 Å². The van der Waals surface area contributed by atoms with Crippen molar-refractivity contribution in [2.45, 2.75) is 11.1 Å². The fourth-order valence-corrected chi connectivity index (χ4v) is 4.25. The molecule has 0 radical (unpaired) electrons. The molecule has 0 atom stereocenters. The number of benzene rings is 1. The molecular formula is C14H12O3S2. The molecule has 3 rings (SSSR count). The van der Waals surface area contributed by atoms with E-state index in [0.29, 0.717) is 9.97 Å². The zero-order valence-electron chi connectivity index (χ0n) is 10.3. The number of hydrogen-bond acceptors (Lipinski definition) is 4. The molecule has 5 heteroatoms. The predicted octanol–water partition coefficient (Wildman–Crippen LogP) is 3.95. The van der Waals surface area contributed by atoms with Crippen LogP contribution in [0.15, 0.2) is 51.1 Å². The third-order valence-corrected chi connectivity index (χ3v) is 6.35. The molecule has 3 nitrogen and oxygen atoms in total. The maximum atomic E-state index is 11.8. The van der Waals surface area contributed by atoms with Crippen LogP contribution in [-0.2, 0) is 9.84 Å². The van der Waals surface area contributed by atoms with Gasteiger partial charge in [0.05, 0.1) is 10.6 Å². The normalized spacial score (nSPS) is 12.1. The van der Waals surface area contributed by atoms with Crippen molar-refractivity contribution in [3.05, 3.63) is 42.5 Å². The van der Waals surface area contributed by atoms with Gasteiger partial charge in [-0.05, 0) is 24.3 Å². The molecule has 0 aliphatic carbocycles. The minimum Gasteiger partial charge on any atom is -0.455 e. The summed E-state index contributed by atoms with van der Waals surface area (Å²) in [5, 5.41) is 1.02. The topological polar surface area (TPSA) is 47.3 Å². The van der Waals surface area contributed by atoms with Crippen LogP contribution < -0.4 is 0 Å². The largest absolute Gasteiger partial charge is 0.455 e. The third-order valence-electron chi connectivity index (χ3n) is 2.94. The van der Waals surface area contributed by atoms with Gasteiger partial charge in [0.2, 0.25) is 0 Å². The van der Waals surface area contributed by atoms with E-state index in [1.54, 1.807) is 19.1 Å². The minimum atomic E-state index is -3.14. The summed E-state index contributed by atoms with van der Waals surface area (Å²) in [5.74, 6) is 0.830. The highest BCUT2D eigenvalue weighted by Crippen LogP contribution is 2.34. The van der Waals surface area contributed by atoms with Gasteiger partial charge in [0.1, 0.15) is 15.6 Å². The van der Waals surface area contributed by atoms with E-state index in [2.05, 4.69) is 0 Å². The van der Waals surface area contributed by atoms with Gasteiger partial charge < -0.3 is 4.42 Å². The molecule has 0 saturated carbocycles. The molecule has 0 aliphatic rings. The van der Waals surface area contributed by atoms with Crippen LogP contribution in [0.1, 0.15) is 6.92 Å². The molecule has 0 amide bonds. The van der Waals surface area contributed by atoms with E-state index in [-0.39, 0.29) is 5.75 Å². The Hall–Kier alpha value is -1.59. The fourth-order valence-electron chi connectivity index (χ4n) is 1.87. The smallest absolute Gasteiger partial charge is 0.187 e. The van der Waals surface area contributed by atoms with Crippen LogP contribution in [0.4, 0.5) is 0 Å². The monoisotopic (exact) mass is 292 g/mol. The van der Waals surface area contributed by atoms with E-state index in [4.69, 9.17) is 4.42 Å². The van der Waals surface area contributed by atoms with Crippen molar-refractivity contribution < 1.29 is 12.8 Å². The fraction of sp³-hybridized carbons (Fsp3) is 0.143. The molecule has 19 heavy (non-hydrogen) atoms. The summed E-state index contributed by atoms with van der Waals surface area (Å²) in [4.78, 5) is 0.836. The average Bonchev–Trinajstić information content (AvgIpc) is 3.05. The van der Waals surface area contributed by atoms with Crippen molar-refractivity contribution in [1.29, 1.82) is 0 Å². The third kappa shape index (κ3) is 2.19. The Morgan fingerprint density at radius 2 is 1.95 bits per heavy atom. The molecule has 0 saturated heterocycles. The summed E-state index contributed by atoms with van der Waals surface area (Å²) >= 11 is 1.25. The van der Waals surface area contributed by atoms with Gasteiger partial charge in [0.15, 0.2) is 9.84 Å². The molecule has 98 valence electrons. The van der Waals surface area contributed by atoms with Crippen LogP contribution in [0.2, 0.25) is 0 Å². The molecule has 2 heterocycles. The molecule has 1 aromatic carbocycles. The van der Waals surface area contributed by atoms with Crippen molar-refractivity contribution in [3.8, 4) is 10.6 Å². The van der Waals surface area contributed by atoms with Gasteiger partial charge in [0, 0.05) is 5.39 Å². The number of para-hydroxylation sites is 1. The van der Waals surface area contributed by atoms with Crippen LogP contribution in [0.5, 0.6) is 0 Å². The Morgan fingerprint density at radius 3 is 2.68 bits per heavy atom. The standard InChI is InChI=1S/C14H12O3S2/c1-2-19(15,16)14-8-7-13(18-14)12-9-10-5-3-4-6-11(10)17-12/h3-9H,2H2,1H3. The maximum Gasteiger partial charge on any atom is 0.187 e. The Labute approximate surface area is 115 Å². The zero-order chi connectivity index (χ0) is 13.5. The van der Waals surface area contributed by atoms with Gasteiger partial charge in [-0.1, -0.05) is 25.1 Å². The summed E-state index contributed by atoms with van der Waals surface area (Å²) in [6, 6.07) is 13.1. The molecule has 0 bridgehead atoms. The lowest BCUT2D eigenvalue weighted by atomic mass is 10.2. The first-order valence-corrected chi connectivity index (χ1v) is 8.38. The van der Waals surface area contributed by atoms with E-state index in [1.807, 2.05) is 30.3 Å². The summed E-state index contributed by atoms with van der Waals surface area (Å²) in [5.41, 5.74) is 0.811. The Bertz CT molecular complexity index is 792. The lowest BCUT2D eigenvalue weighted by Gasteiger charge is -1.94. The van der Waals surface area contributed by atoms with Gasteiger partial charge in [-0.25, -0.2) is 8.42 Å². The van der Waals surface area contributed by atoms with Crippen molar-refractivity contribution >= 4 is 32.1 Å². The highest BCUT2D eigenvalue weighted by atomic mass is 32.2. The van der Waals surface area contributed by atoms with Gasteiger partial charge >= 0.3 is 0 Å². The molecule has 2 aromatic heterocycles. The first-order valence-electron chi connectivity index (χ1n) is 5.92. The molecule has 0 unspecified atom stereocenters. The van der Waals surface area contributed by atoms with Crippen molar-refractivity contribution in [1.82, 2.24) is 0 Å². The van der Waals surface area contributed by atoms with E-state index < -0.39 is 9.84 Å². The molecule has 0 N–H and O–H groups in total. The number of fused-ring (bicyclic) bond motifs is 1. The minimum absolute atomic E-state index is 0.118. The maximum absolute atomic E-state index is 11.8. The lowest BCUT2D eigenvalue weighted by molar-refractivity contribution is 0.599. The Morgan fingerprint density at radius 1 is 1.16 bits per heavy atom. The predicted molar refractivity (Wildman–Crippen MR) is 77.3 cm³/mol. The van der Waals surface area contributed by atoms with Crippen LogP contribution in [0, 0.1) is 0 Å². The summed E-state index contributed by atoms with van der Waals surface area (Å²) in [6.07, 6.45) is 0. The SMILES string of the molecule is CCS(=O)(=O)c1ccc(-c2cc3ccccc3o2)s1. The van der Waals surface area contributed by atoms with E-state index >= 15 is 0 Å². The molecule has 0 aliphatic heterocycles. The second kappa shape index (κ2) is 4.51. The van der Waals surface area contributed by atoms with Crippen LogP contribution >= 0.6 is 11.3 Å². The number of hydrogen-bond donors (Lipinski definition) is 0. The number of rotatable bonds is 3. The van der Waals surface area contributed by atoms with E-state index in [0.717, 1.165) is 15.8 Å². The number of thiophene rings is 1. The van der Waals surface area contributed by atoms with Crippen LogP contribution in [-0.4, -0.2) is 14.2 Å².